The Kier molecular flexibility index (Phi) is 5.10. The van der Waals surface area contributed by atoms with E-state index in [2.05, 4.69) is 10.5 Å². The maximum Gasteiger partial charge on any atom is 0.227 e. The number of rotatable bonds is 5. The Balaban J connectivity index is 2.89. The van der Waals surface area contributed by atoms with E-state index in [4.69, 9.17) is 15.7 Å². The number of aryl methyl sites for hydroxylation is 1. The highest BCUT2D eigenvalue weighted by molar-refractivity contribution is 5.99. The molecular weight excluding hydrogens is 258 g/mol. The third-order valence-corrected chi connectivity index (χ3v) is 3.05. The normalized spacial score (nSPS) is 12.3. The number of amides is 1. The van der Waals surface area contributed by atoms with Gasteiger partial charge in [-0.3, -0.25) is 4.79 Å². The molecule has 0 heterocycles. The second kappa shape index (κ2) is 6.38. The van der Waals surface area contributed by atoms with Gasteiger partial charge in [0.1, 0.15) is 0 Å². The molecule has 0 aliphatic rings. The molecule has 1 aromatic rings. The van der Waals surface area contributed by atoms with Crippen molar-refractivity contribution >= 4 is 17.4 Å². The standard InChI is InChI=1S/C14H21N3O3/c1-9-5-6-10(13(15)17-19)7-11(9)16-12(18)8-14(2,3)20-4/h5-7,19H,8H2,1-4H3,(H2,15,17)(H,16,18). The van der Waals surface area contributed by atoms with E-state index in [0.717, 1.165) is 5.56 Å². The second-order valence-electron chi connectivity index (χ2n) is 5.20. The van der Waals surface area contributed by atoms with Crippen molar-refractivity contribution in [3.05, 3.63) is 29.3 Å². The van der Waals surface area contributed by atoms with E-state index >= 15 is 0 Å². The molecule has 6 heteroatoms. The molecule has 0 unspecified atom stereocenters. The molecular formula is C14H21N3O3. The smallest absolute Gasteiger partial charge is 0.227 e. The van der Waals surface area contributed by atoms with Crippen LogP contribution in [0.1, 0.15) is 31.4 Å². The topological polar surface area (TPSA) is 96.9 Å². The van der Waals surface area contributed by atoms with Gasteiger partial charge in [0.25, 0.3) is 0 Å². The summed E-state index contributed by atoms with van der Waals surface area (Å²) in [7, 11) is 1.57. The van der Waals surface area contributed by atoms with Crippen LogP contribution in [0.4, 0.5) is 5.69 Å². The van der Waals surface area contributed by atoms with Crippen molar-refractivity contribution in [3.63, 3.8) is 0 Å². The number of oxime groups is 1. The van der Waals surface area contributed by atoms with E-state index < -0.39 is 5.60 Å². The first-order valence-electron chi connectivity index (χ1n) is 6.22. The predicted molar refractivity (Wildman–Crippen MR) is 78.0 cm³/mol. The number of hydrogen-bond donors (Lipinski definition) is 3. The molecule has 1 amide bonds. The summed E-state index contributed by atoms with van der Waals surface area (Å²) in [6, 6.07) is 5.19. The Hall–Kier alpha value is -2.08. The first-order valence-corrected chi connectivity index (χ1v) is 6.22. The van der Waals surface area contributed by atoms with E-state index in [1.165, 1.54) is 0 Å². The number of nitrogens with one attached hydrogen (secondary N) is 1. The molecule has 0 aliphatic carbocycles. The second-order valence-corrected chi connectivity index (χ2v) is 5.20. The van der Waals surface area contributed by atoms with Crippen LogP contribution < -0.4 is 11.1 Å². The average Bonchev–Trinajstić information content (AvgIpc) is 2.39. The van der Waals surface area contributed by atoms with Crippen LogP contribution in [0.3, 0.4) is 0 Å². The fourth-order valence-electron chi connectivity index (χ4n) is 1.63. The summed E-state index contributed by atoms with van der Waals surface area (Å²) in [5.41, 5.74) is 7.07. The first kappa shape index (κ1) is 16.0. The van der Waals surface area contributed by atoms with Crippen molar-refractivity contribution in [2.75, 3.05) is 12.4 Å². The summed E-state index contributed by atoms with van der Waals surface area (Å²) in [6.07, 6.45) is 0.233. The number of hydrogen-bond acceptors (Lipinski definition) is 4. The molecule has 0 spiro atoms. The summed E-state index contributed by atoms with van der Waals surface area (Å²) in [6.45, 7) is 5.55. The predicted octanol–water partition coefficient (Wildman–Crippen LogP) is 1.84. The van der Waals surface area contributed by atoms with Crippen molar-refractivity contribution in [1.29, 1.82) is 0 Å². The summed E-state index contributed by atoms with van der Waals surface area (Å²) < 4.78 is 5.22. The van der Waals surface area contributed by atoms with Crippen LogP contribution in [0.25, 0.3) is 0 Å². The number of ether oxygens (including phenoxy) is 1. The van der Waals surface area contributed by atoms with Gasteiger partial charge in [-0.2, -0.15) is 0 Å². The van der Waals surface area contributed by atoms with Crippen LogP contribution in [0, 0.1) is 6.92 Å². The van der Waals surface area contributed by atoms with Crippen molar-refractivity contribution in [2.45, 2.75) is 32.8 Å². The fourth-order valence-corrected chi connectivity index (χ4v) is 1.63. The molecule has 0 saturated carbocycles. The lowest BCUT2D eigenvalue weighted by atomic mass is 10.0. The number of nitrogens with two attached hydrogens (primary N) is 1. The lowest BCUT2D eigenvalue weighted by molar-refractivity contribution is -0.121. The molecule has 1 rings (SSSR count). The zero-order valence-electron chi connectivity index (χ0n) is 12.2. The molecule has 0 radical (unpaired) electrons. The van der Waals surface area contributed by atoms with Gasteiger partial charge in [-0.15, -0.1) is 0 Å². The van der Waals surface area contributed by atoms with Crippen LogP contribution in [0.2, 0.25) is 0 Å². The SMILES string of the molecule is COC(C)(C)CC(=O)Nc1cc(/C(N)=N/O)ccc1C. The maximum atomic E-state index is 12.0. The zero-order chi connectivity index (χ0) is 15.3. The summed E-state index contributed by atoms with van der Waals surface area (Å²) in [4.78, 5) is 12.0. The van der Waals surface area contributed by atoms with Gasteiger partial charge in [0, 0.05) is 18.4 Å². The molecule has 20 heavy (non-hydrogen) atoms. The number of benzene rings is 1. The quantitative estimate of drug-likeness (QED) is 0.331. The molecule has 6 nitrogen and oxygen atoms in total. The number of amidine groups is 1. The minimum Gasteiger partial charge on any atom is -0.409 e. The Morgan fingerprint density at radius 1 is 1.50 bits per heavy atom. The van der Waals surface area contributed by atoms with Gasteiger partial charge in [-0.1, -0.05) is 17.3 Å². The zero-order valence-corrected chi connectivity index (χ0v) is 12.2. The lowest BCUT2D eigenvalue weighted by Crippen LogP contribution is -2.29. The molecule has 0 aliphatic heterocycles. The Labute approximate surface area is 118 Å². The summed E-state index contributed by atoms with van der Waals surface area (Å²) in [5, 5.41) is 14.4. The number of methoxy groups -OCH3 is 1. The third kappa shape index (κ3) is 4.24. The molecule has 110 valence electrons. The van der Waals surface area contributed by atoms with Gasteiger partial charge in [0.2, 0.25) is 5.91 Å². The van der Waals surface area contributed by atoms with Crippen LogP contribution in [0.15, 0.2) is 23.4 Å². The highest BCUT2D eigenvalue weighted by Gasteiger charge is 2.21. The van der Waals surface area contributed by atoms with Crippen molar-refractivity contribution < 1.29 is 14.7 Å². The van der Waals surface area contributed by atoms with Crippen molar-refractivity contribution in [3.8, 4) is 0 Å². The van der Waals surface area contributed by atoms with Gasteiger partial charge in [-0.05, 0) is 32.4 Å². The minimum absolute atomic E-state index is 0.00211. The maximum absolute atomic E-state index is 12.0. The highest BCUT2D eigenvalue weighted by atomic mass is 16.5. The molecule has 4 N–H and O–H groups in total. The molecule has 1 aromatic carbocycles. The Morgan fingerprint density at radius 2 is 2.15 bits per heavy atom. The Bertz CT molecular complexity index is 524. The van der Waals surface area contributed by atoms with Gasteiger partial charge in [0.05, 0.1) is 12.0 Å². The van der Waals surface area contributed by atoms with Crippen molar-refractivity contribution in [1.82, 2.24) is 0 Å². The van der Waals surface area contributed by atoms with Crippen LogP contribution in [-0.4, -0.2) is 29.7 Å². The fraction of sp³-hybridized carbons (Fsp3) is 0.429. The minimum atomic E-state index is -0.527. The molecule has 0 aromatic heterocycles. The molecule has 0 fully saturated rings. The monoisotopic (exact) mass is 279 g/mol. The lowest BCUT2D eigenvalue weighted by Gasteiger charge is -2.22. The van der Waals surface area contributed by atoms with Crippen LogP contribution in [-0.2, 0) is 9.53 Å². The highest BCUT2D eigenvalue weighted by Crippen LogP contribution is 2.19. The molecule has 0 saturated heterocycles. The van der Waals surface area contributed by atoms with Crippen LogP contribution >= 0.6 is 0 Å². The van der Waals surface area contributed by atoms with E-state index in [9.17, 15) is 4.79 Å². The Morgan fingerprint density at radius 3 is 2.70 bits per heavy atom. The number of carbonyl (C=O) groups is 1. The number of anilines is 1. The van der Waals surface area contributed by atoms with Crippen LogP contribution in [0.5, 0.6) is 0 Å². The van der Waals surface area contributed by atoms with Gasteiger partial charge >= 0.3 is 0 Å². The third-order valence-electron chi connectivity index (χ3n) is 3.05. The van der Waals surface area contributed by atoms with E-state index in [0.29, 0.717) is 11.3 Å². The number of nitrogens with zero attached hydrogens (tertiary/aromatic N) is 1. The van der Waals surface area contributed by atoms with Gasteiger partial charge in [0.15, 0.2) is 5.84 Å². The van der Waals surface area contributed by atoms with Crippen molar-refractivity contribution in [2.24, 2.45) is 10.9 Å². The van der Waals surface area contributed by atoms with E-state index in [-0.39, 0.29) is 18.2 Å². The largest absolute Gasteiger partial charge is 0.409 e. The van der Waals surface area contributed by atoms with E-state index in [1.807, 2.05) is 20.8 Å². The average molecular weight is 279 g/mol. The van der Waals surface area contributed by atoms with E-state index in [1.54, 1.807) is 25.3 Å². The summed E-state index contributed by atoms with van der Waals surface area (Å²) in [5.74, 6) is -0.158. The summed E-state index contributed by atoms with van der Waals surface area (Å²) >= 11 is 0. The number of carbonyl (C=O) groups excluding carboxylic acids is 1. The molecule has 0 bridgehead atoms. The van der Waals surface area contributed by atoms with Gasteiger partial charge in [-0.25, -0.2) is 0 Å². The van der Waals surface area contributed by atoms with Gasteiger partial charge < -0.3 is 21.0 Å². The first-order chi connectivity index (χ1) is 9.29. The molecule has 0 atom stereocenters.